The summed E-state index contributed by atoms with van der Waals surface area (Å²) in [6.07, 6.45) is 0. The van der Waals surface area contributed by atoms with Crippen LogP contribution in [0.1, 0.15) is 17.3 Å². The largest absolute Gasteiger partial charge is 0.490 e. The van der Waals surface area contributed by atoms with Crippen LogP contribution in [-0.2, 0) is 4.79 Å². The first-order valence-corrected chi connectivity index (χ1v) is 9.59. The second kappa shape index (κ2) is 10.1. The molecule has 3 aromatic carbocycles. The molecule has 0 spiro atoms. The fourth-order valence-electron chi connectivity index (χ4n) is 2.69. The maximum absolute atomic E-state index is 12.4. The van der Waals surface area contributed by atoms with E-state index < -0.39 is 0 Å². The van der Waals surface area contributed by atoms with Gasteiger partial charge < -0.3 is 19.7 Å². The molecule has 0 saturated heterocycles. The van der Waals surface area contributed by atoms with Gasteiger partial charge in [-0.05, 0) is 60.7 Å². The summed E-state index contributed by atoms with van der Waals surface area (Å²) in [6.45, 7) is 2.34. The predicted molar refractivity (Wildman–Crippen MR) is 117 cm³/mol. The standard InChI is InChI=1S/C24H24N2O4/c1-18(27)26(2)21-12-10-20(11-13-21)25-24(28)19-8-14-23(15-9-19)30-17-16-29-22-6-4-3-5-7-22/h3-15H,16-17H2,1-2H3,(H,25,28). The monoisotopic (exact) mass is 404 g/mol. The molecule has 0 aromatic heterocycles. The molecular weight excluding hydrogens is 380 g/mol. The lowest BCUT2D eigenvalue weighted by atomic mass is 10.2. The Labute approximate surface area is 176 Å². The lowest BCUT2D eigenvalue weighted by molar-refractivity contribution is -0.116. The number of nitrogens with zero attached hydrogens (tertiary/aromatic N) is 1. The molecule has 0 aliphatic heterocycles. The van der Waals surface area contributed by atoms with E-state index in [2.05, 4.69) is 5.32 Å². The van der Waals surface area contributed by atoms with Crippen LogP contribution in [0.3, 0.4) is 0 Å². The lowest BCUT2D eigenvalue weighted by Crippen LogP contribution is -2.22. The Morgan fingerprint density at radius 3 is 1.93 bits per heavy atom. The van der Waals surface area contributed by atoms with Crippen LogP contribution in [0.4, 0.5) is 11.4 Å². The summed E-state index contributed by atoms with van der Waals surface area (Å²) in [5.74, 6) is 1.19. The summed E-state index contributed by atoms with van der Waals surface area (Å²) in [7, 11) is 1.70. The van der Waals surface area contributed by atoms with Crippen LogP contribution in [0.2, 0.25) is 0 Å². The van der Waals surface area contributed by atoms with Crippen LogP contribution in [0.25, 0.3) is 0 Å². The molecule has 0 atom stereocenters. The number of hydrogen-bond donors (Lipinski definition) is 1. The molecule has 0 saturated carbocycles. The molecule has 2 amide bonds. The molecule has 6 heteroatoms. The molecule has 154 valence electrons. The maximum Gasteiger partial charge on any atom is 0.255 e. The van der Waals surface area contributed by atoms with Crippen molar-refractivity contribution < 1.29 is 19.1 Å². The molecule has 0 fully saturated rings. The van der Waals surface area contributed by atoms with Crippen molar-refractivity contribution in [1.29, 1.82) is 0 Å². The number of rotatable bonds is 8. The van der Waals surface area contributed by atoms with Gasteiger partial charge in [-0.25, -0.2) is 0 Å². The minimum absolute atomic E-state index is 0.0549. The summed E-state index contributed by atoms with van der Waals surface area (Å²) in [5, 5.41) is 2.84. The first-order valence-electron chi connectivity index (χ1n) is 9.59. The summed E-state index contributed by atoms with van der Waals surface area (Å²) >= 11 is 0. The Hall–Kier alpha value is -3.80. The van der Waals surface area contributed by atoms with E-state index in [1.54, 1.807) is 55.6 Å². The number of nitrogens with one attached hydrogen (secondary N) is 1. The number of carbonyl (C=O) groups is 2. The van der Waals surface area contributed by atoms with Gasteiger partial charge in [-0.2, -0.15) is 0 Å². The van der Waals surface area contributed by atoms with Crippen LogP contribution in [0.5, 0.6) is 11.5 Å². The lowest BCUT2D eigenvalue weighted by Gasteiger charge is -2.15. The Morgan fingerprint density at radius 2 is 1.37 bits per heavy atom. The highest BCUT2D eigenvalue weighted by atomic mass is 16.5. The van der Waals surface area contributed by atoms with Crippen LogP contribution >= 0.6 is 0 Å². The van der Waals surface area contributed by atoms with Gasteiger partial charge in [-0.3, -0.25) is 9.59 Å². The minimum atomic E-state index is -0.221. The summed E-state index contributed by atoms with van der Waals surface area (Å²) in [5.41, 5.74) is 1.94. The van der Waals surface area contributed by atoms with E-state index in [0.717, 1.165) is 11.4 Å². The van der Waals surface area contributed by atoms with Crippen LogP contribution in [-0.4, -0.2) is 32.1 Å². The molecule has 1 N–H and O–H groups in total. The first kappa shape index (κ1) is 20.9. The van der Waals surface area contributed by atoms with Crippen molar-refractivity contribution >= 4 is 23.2 Å². The Morgan fingerprint density at radius 1 is 0.800 bits per heavy atom. The molecular formula is C24H24N2O4. The highest BCUT2D eigenvalue weighted by Crippen LogP contribution is 2.18. The number of para-hydroxylation sites is 1. The topological polar surface area (TPSA) is 67.9 Å². The fourth-order valence-corrected chi connectivity index (χ4v) is 2.69. The third-order valence-corrected chi connectivity index (χ3v) is 4.47. The molecule has 6 nitrogen and oxygen atoms in total. The van der Waals surface area contributed by atoms with Gasteiger partial charge >= 0.3 is 0 Å². The summed E-state index contributed by atoms with van der Waals surface area (Å²) in [6, 6.07) is 23.6. The van der Waals surface area contributed by atoms with Gasteiger partial charge in [-0.15, -0.1) is 0 Å². The predicted octanol–water partition coefficient (Wildman–Crippen LogP) is 4.38. The van der Waals surface area contributed by atoms with Gasteiger partial charge in [0.25, 0.3) is 5.91 Å². The number of ether oxygens (including phenoxy) is 2. The third-order valence-electron chi connectivity index (χ3n) is 4.47. The number of carbonyl (C=O) groups excluding carboxylic acids is 2. The zero-order valence-corrected chi connectivity index (χ0v) is 17.0. The number of amides is 2. The zero-order chi connectivity index (χ0) is 21.3. The molecule has 0 radical (unpaired) electrons. The van der Waals surface area contributed by atoms with E-state index in [0.29, 0.717) is 30.2 Å². The van der Waals surface area contributed by atoms with Gasteiger partial charge in [0.05, 0.1) is 0 Å². The van der Waals surface area contributed by atoms with Gasteiger partial charge in [-0.1, -0.05) is 18.2 Å². The molecule has 0 unspecified atom stereocenters. The maximum atomic E-state index is 12.4. The summed E-state index contributed by atoms with van der Waals surface area (Å²) in [4.78, 5) is 25.4. The average Bonchev–Trinajstić information content (AvgIpc) is 2.78. The highest BCUT2D eigenvalue weighted by molar-refractivity contribution is 6.04. The molecule has 0 heterocycles. The Kier molecular flexibility index (Phi) is 7.05. The number of hydrogen-bond acceptors (Lipinski definition) is 4. The fraction of sp³-hybridized carbons (Fsp3) is 0.167. The molecule has 30 heavy (non-hydrogen) atoms. The van der Waals surface area contributed by atoms with E-state index >= 15 is 0 Å². The quantitative estimate of drug-likeness (QED) is 0.566. The van der Waals surface area contributed by atoms with Crippen LogP contribution in [0.15, 0.2) is 78.9 Å². The second-order valence-electron chi connectivity index (χ2n) is 6.61. The van der Waals surface area contributed by atoms with Crippen molar-refractivity contribution in [3.05, 3.63) is 84.4 Å². The smallest absolute Gasteiger partial charge is 0.255 e. The van der Waals surface area contributed by atoms with Gasteiger partial charge in [0.1, 0.15) is 24.7 Å². The van der Waals surface area contributed by atoms with Crippen LogP contribution in [0, 0.1) is 0 Å². The van der Waals surface area contributed by atoms with Crippen molar-refractivity contribution in [2.24, 2.45) is 0 Å². The number of anilines is 2. The van der Waals surface area contributed by atoms with Crippen molar-refractivity contribution in [2.75, 3.05) is 30.5 Å². The third kappa shape index (κ3) is 5.85. The van der Waals surface area contributed by atoms with E-state index in [4.69, 9.17) is 9.47 Å². The Balaban J connectivity index is 1.48. The zero-order valence-electron chi connectivity index (χ0n) is 17.0. The van der Waals surface area contributed by atoms with Crippen molar-refractivity contribution in [3.63, 3.8) is 0 Å². The SMILES string of the molecule is CC(=O)N(C)c1ccc(NC(=O)c2ccc(OCCOc3ccccc3)cc2)cc1. The molecule has 3 aromatic rings. The van der Waals surface area contributed by atoms with Crippen molar-refractivity contribution in [1.82, 2.24) is 0 Å². The van der Waals surface area contributed by atoms with Crippen LogP contribution < -0.4 is 19.7 Å². The van der Waals surface area contributed by atoms with E-state index in [9.17, 15) is 9.59 Å². The molecule has 0 bridgehead atoms. The van der Waals surface area contributed by atoms with Gasteiger partial charge in [0.2, 0.25) is 5.91 Å². The van der Waals surface area contributed by atoms with Gasteiger partial charge in [0.15, 0.2) is 0 Å². The average molecular weight is 404 g/mol. The van der Waals surface area contributed by atoms with Gasteiger partial charge in [0, 0.05) is 30.9 Å². The van der Waals surface area contributed by atoms with Crippen molar-refractivity contribution in [3.8, 4) is 11.5 Å². The van der Waals surface area contributed by atoms with E-state index in [-0.39, 0.29) is 11.8 Å². The number of benzene rings is 3. The Bertz CT molecular complexity index is 970. The molecule has 0 aliphatic carbocycles. The van der Waals surface area contributed by atoms with E-state index in [1.165, 1.54) is 11.8 Å². The van der Waals surface area contributed by atoms with Crippen molar-refractivity contribution in [2.45, 2.75) is 6.92 Å². The molecule has 0 aliphatic rings. The van der Waals surface area contributed by atoms with E-state index in [1.807, 2.05) is 30.3 Å². The highest BCUT2D eigenvalue weighted by Gasteiger charge is 2.08. The minimum Gasteiger partial charge on any atom is -0.490 e. The molecule has 3 rings (SSSR count). The first-order chi connectivity index (χ1) is 14.5. The summed E-state index contributed by atoms with van der Waals surface area (Å²) < 4.78 is 11.2. The normalized spacial score (nSPS) is 10.2. The second-order valence-corrected chi connectivity index (χ2v) is 6.61.